The first-order valence-corrected chi connectivity index (χ1v) is 14.7. The summed E-state index contributed by atoms with van der Waals surface area (Å²) in [7, 11) is 1.41. The minimum absolute atomic E-state index is 0.359. The molecule has 0 unspecified atom stereocenters. The highest BCUT2D eigenvalue weighted by Gasteiger charge is 2.11. The predicted octanol–water partition coefficient (Wildman–Crippen LogP) is 9.68. The van der Waals surface area contributed by atoms with E-state index in [-0.39, 0.29) is 5.97 Å². The van der Waals surface area contributed by atoms with Crippen LogP contribution >= 0.6 is 0 Å². The molecule has 0 bridgehead atoms. The molecule has 4 nitrogen and oxygen atoms in total. The molecule has 0 aliphatic carbocycles. The summed E-state index contributed by atoms with van der Waals surface area (Å²) in [6.45, 7) is 5.85. The molecule has 35 heavy (non-hydrogen) atoms. The predicted molar refractivity (Wildman–Crippen MR) is 148 cm³/mol. The van der Waals surface area contributed by atoms with Crippen LogP contribution in [-0.4, -0.2) is 26.3 Å². The highest BCUT2D eigenvalue weighted by atomic mass is 16.5. The summed E-state index contributed by atoms with van der Waals surface area (Å²) in [5.74, 6) is 1.01. The number of ether oxygens (including phenoxy) is 3. The number of benzene rings is 1. The second-order valence-electron chi connectivity index (χ2n) is 9.89. The molecule has 202 valence electrons. The number of methoxy groups -OCH3 is 1. The number of hydrogen-bond donors (Lipinski definition) is 0. The van der Waals surface area contributed by atoms with E-state index < -0.39 is 0 Å². The third kappa shape index (κ3) is 17.4. The van der Waals surface area contributed by atoms with Gasteiger partial charge in [0, 0.05) is 6.07 Å². The van der Waals surface area contributed by atoms with Crippen LogP contribution in [0, 0.1) is 0 Å². The Balaban J connectivity index is 2.26. The lowest BCUT2D eigenvalue weighted by Crippen LogP contribution is -2.05. The summed E-state index contributed by atoms with van der Waals surface area (Å²) in [5.41, 5.74) is 0.482. The topological polar surface area (TPSA) is 44.8 Å². The number of carbonyl (C=O) groups is 1. The lowest BCUT2D eigenvalue weighted by atomic mass is 10.1. The van der Waals surface area contributed by atoms with Gasteiger partial charge in [0.1, 0.15) is 11.5 Å². The smallest absolute Gasteiger partial charge is 0.338 e. The zero-order valence-electron chi connectivity index (χ0n) is 23.2. The van der Waals surface area contributed by atoms with Gasteiger partial charge in [0.05, 0.1) is 25.9 Å². The first-order valence-electron chi connectivity index (χ1n) is 14.7. The van der Waals surface area contributed by atoms with E-state index in [1.807, 2.05) is 6.07 Å². The normalized spacial score (nSPS) is 10.9. The Morgan fingerprint density at radius 3 is 1.23 bits per heavy atom. The van der Waals surface area contributed by atoms with Crippen LogP contribution in [-0.2, 0) is 4.74 Å². The van der Waals surface area contributed by atoms with Crippen LogP contribution in [0.15, 0.2) is 18.2 Å². The van der Waals surface area contributed by atoms with Crippen molar-refractivity contribution in [2.24, 2.45) is 0 Å². The van der Waals surface area contributed by atoms with Crippen LogP contribution < -0.4 is 9.47 Å². The second kappa shape index (κ2) is 22.7. The van der Waals surface area contributed by atoms with Crippen LogP contribution in [0.5, 0.6) is 11.5 Å². The van der Waals surface area contributed by atoms with Gasteiger partial charge in [0.25, 0.3) is 0 Å². The van der Waals surface area contributed by atoms with E-state index in [4.69, 9.17) is 14.2 Å². The minimum Gasteiger partial charge on any atom is -0.493 e. The van der Waals surface area contributed by atoms with Gasteiger partial charge in [0.2, 0.25) is 0 Å². The molecule has 1 aromatic carbocycles. The fourth-order valence-electron chi connectivity index (χ4n) is 4.36. The van der Waals surface area contributed by atoms with Gasteiger partial charge in [-0.3, -0.25) is 0 Å². The molecule has 1 rings (SSSR count). The van der Waals surface area contributed by atoms with Crippen molar-refractivity contribution in [3.05, 3.63) is 23.8 Å². The van der Waals surface area contributed by atoms with Crippen molar-refractivity contribution in [1.29, 1.82) is 0 Å². The maximum Gasteiger partial charge on any atom is 0.338 e. The Bertz CT molecular complexity index is 628. The Morgan fingerprint density at radius 2 is 0.886 bits per heavy atom. The molecule has 0 heterocycles. The van der Waals surface area contributed by atoms with Gasteiger partial charge in [0.15, 0.2) is 0 Å². The van der Waals surface area contributed by atoms with Crippen molar-refractivity contribution in [1.82, 2.24) is 0 Å². The fraction of sp³-hybridized carbons (Fsp3) is 0.774. The minimum atomic E-state index is -0.359. The summed E-state index contributed by atoms with van der Waals surface area (Å²) in [6.07, 6.45) is 24.6. The van der Waals surface area contributed by atoms with Gasteiger partial charge in [-0.25, -0.2) is 4.79 Å². The van der Waals surface area contributed by atoms with E-state index >= 15 is 0 Å². The van der Waals surface area contributed by atoms with Crippen LogP contribution in [0.4, 0.5) is 0 Å². The van der Waals surface area contributed by atoms with Crippen LogP contribution in [0.2, 0.25) is 0 Å². The first kappa shape index (κ1) is 31.3. The van der Waals surface area contributed by atoms with Gasteiger partial charge in [-0.05, 0) is 25.0 Å². The number of carbonyl (C=O) groups excluding carboxylic acids is 1. The van der Waals surface area contributed by atoms with Gasteiger partial charge < -0.3 is 14.2 Å². The largest absolute Gasteiger partial charge is 0.493 e. The molecular formula is C31H54O4. The highest BCUT2D eigenvalue weighted by molar-refractivity contribution is 5.90. The Hall–Kier alpha value is -1.71. The highest BCUT2D eigenvalue weighted by Crippen LogP contribution is 2.24. The van der Waals surface area contributed by atoms with Crippen molar-refractivity contribution in [2.75, 3.05) is 20.3 Å². The SMILES string of the molecule is CCCCCCCCCCCCOc1cc(OCCCCCCCCCCC)cc(C(=O)OC)c1. The molecule has 0 aliphatic rings. The average molecular weight is 491 g/mol. The monoisotopic (exact) mass is 490 g/mol. The average Bonchev–Trinajstić information content (AvgIpc) is 2.87. The zero-order chi connectivity index (χ0) is 25.4. The molecule has 4 heteroatoms. The van der Waals surface area contributed by atoms with Crippen molar-refractivity contribution in [3.8, 4) is 11.5 Å². The number of unbranched alkanes of at least 4 members (excludes halogenated alkanes) is 17. The summed E-state index contributed by atoms with van der Waals surface area (Å²) in [6, 6.07) is 5.41. The molecule has 0 aliphatic heterocycles. The molecule has 0 saturated carbocycles. The lowest BCUT2D eigenvalue weighted by molar-refractivity contribution is 0.0599. The first-order chi connectivity index (χ1) is 17.2. The molecule has 1 aromatic rings. The Morgan fingerprint density at radius 1 is 0.543 bits per heavy atom. The lowest BCUT2D eigenvalue weighted by Gasteiger charge is -2.12. The number of rotatable bonds is 24. The zero-order valence-corrected chi connectivity index (χ0v) is 23.2. The second-order valence-corrected chi connectivity index (χ2v) is 9.89. The van der Waals surface area contributed by atoms with E-state index in [9.17, 15) is 4.79 Å². The standard InChI is InChI=1S/C31H54O4/c1-4-6-8-10-12-14-16-18-20-22-24-35-30-26-28(31(32)33-3)25-29(27-30)34-23-21-19-17-15-13-11-9-7-5-2/h25-27H,4-24H2,1-3H3. The van der Waals surface area contributed by atoms with E-state index in [1.54, 1.807) is 12.1 Å². The number of hydrogen-bond acceptors (Lipinski definition) is 4. The van der Waals surface area contributed by atoms with Crippen LogP contribution in [0.3, 0.4) is 0 Å². The number of esters is 1. The van der Waals surface area contributed by atoms with Gasteiger partial charge >= 0.3 is 5.97 Å². The van der Waals surface area contributed by atoms with Crippen molar-refractivity contribution in [3.63, 3.8) is 0 Å². The quantitative estimate of drug-likeness (QED) is 0.107. The molecule has 0 amide bonds. The van der Waals surface area contributed by atoms with Gasteiger partial charge in [-0.1, -0.05) is 123 Å². The third-order valence-electron chi connectivity index (χ3n) is 6.58. The van der Waals surface area contributed by atoms with Crippen LogP contribution in [0.1, 0.15) is 146 Å². The van der Waals surface area contributed by atoms with Crippen molar-refractivity contribution < 1.29 is 19.0 Å². The molecule has 0 aromatic heterocycles. The molecule has 0 radical (unpaired) electrons. The maximum atomic E-state index is 12.1. The maximum absolute atomic E-state index is 12.1. The summed E-state index contributed by atoms with van der Waals surface area (Å²) in [4.78, 5) is 12.1. The van der Waals surface area contributed by atoms with E-state index in [0.717, 1.165) is 12.8 Å². The van der Waals surface area contributed by atoms with E-state index in [2.05, 4.69) is 13.8 Å². The van der Waals surface area contributed by atoms with Crippen molar-refractivity contribution in [2.45, 2.75) is 136 Å². The summed E-state index contributed by atoms with van der Waals surface area (Å²) >= 11 is 0. The van der Waals surface area contributed by atoms with Crippen LogP contribution in [0.25, 0.3) is 0 Å². The molecule has 0 N–H and O–H groups in total. The summed E-state index contributed by atoms with van der Waals surface area (Å²) < 4.78 is 16.8. The summed E-state index contributed by atoms with van der Waals surface area (Å²) in [5, 5.41) is 0. The van der Waals surface area contributed by atoms with E-state index in [0.29, 0.717) is 30.3 Å². The van der Waals surface area contributed by atoms with E-state index in [1.165, 1.54) is 116 Å². The third-order valence-corrected chi connectivity index (χ3v) is 6.58. The molecule has 0 spiro atoms. The molecule has 0 atom stereocenters. The van der Waals surface area contributed by atoms with Crippen molar-refractivity contribution >= 4 is 5.97 Å². The molecular weight excluding hydrogens is 436 g/mol. The fourth-order valence-corrected chi connectivity index (χ4v) is 4.36. The van der Waals surface area contributed by atoms with Gasteiger partial charge in [-0.2, -0.15) is 0 Å². The Kier molecular flexibility index (Phi) is 20.3. The molecule has 0 saturated heterocycles. The van der Waals surface area contributed by atoms with Gasteiger partial charge in [-0.15, -0.1) is 0 Å². The molecule has 0 fully saturated rings. The Labute approximate surface area is 216 Å².